The van der Waals surface area contributed by atoms with Gasteiger partial charge in [-0.1, -0.05) is 27.7 Å². The average molecular weight is 252 g/mol. The van der Waals surface area contributed by atoms with Crippen molar-refractivity contribution in [2.45, 2.75) is 78.6 Å². The lowest BCUT2D eigenvalue weighted by Gasteiger charge is -2.41. The second kappa shape index (κ2) is 4.84. The Balaban J connectivity index is 2.09. The van der Waals surface area contributed by atoms with Gasteiger partial charge >= 0.3 is 0 Å². The summed E-state index contributed by atoms with van der Waals surface area (Å²) in [5, 5.41) is 3.45. The van der Waals surface area contributed by atoms with E-state index in [1.54, 1.807) is 0 Å². The van der Waals surface area contributed by atoms with Gasteiger partial charge in [0.2, 0.25) is 5.91 Å². The topological polar surface area (TPSA) is 32.3 Å². The molecule has 0 aromatic heterocycles. The maximum Gasteiger partial charge on any atom is 0.240 e. The summed E-state index contributed by atoms with van der Waals surface area (Å²) in [5.41, 5.74) is 0.464. The van der Waals surface area contributed by atoms with Crippen molar-refractivity contribution < 1.29 is 4.79 Å². The van der Waals surface area contributed by atoms with Crippen LogP contribution in [0.2, 0.25) is 0 Å². The van der Waals surface area contributed by atoms with E-state index in [2.05, 4.69) is 37.9 Å². The Bertz CT molecular complexity index is 314. The highest BCUT2D eigenvalue weighted by Crippen LogP contribution is 2.38. The number of hydrogen-bond donors (Lipinski definition) is 1. The Labute approximate surface area is 111 Å². The Morgan fingerprint density at radius 3 is 2.33 bits per heavy atom. The van der Waals surface area contributed by atoms with Crippen molar-refractivity contribution in [1.82, 2.24) is 10.2 Å². The standard InChI is InChI=1S/C15H28N2O/c1-10(2)13-16-11(3)14(18)17(13)12-6-8-15(4,5)9-7-12/h10-13,16H,6-9H2,1-5H3. The van der Waals surface area contributed by atoms with Gasteiger partial charge in [-0.25, -0.2) is 0 Å². The summed E-state index contributed by atoms with van der Waals surface area (Å²) in [4.78, 5) is 14.5. The molecular weight excluding hydrogens is 224 g/mol. The summed E-state index contributed by atoms with van der Waals surface area (Å²) in [6.45, 7) is 11.1. The van der Waals surface area contributed by atoms with Gasteiger partial charge in [0.1, 0.15) is 0 Å². The number of nitrogens with zero attached hydrogens (tertiary/aromatic N) is 1. The lowest BCUT2D eigenvalue weighted by atomic mass is 9.75. The van der Waals surface area contributed by atoms with Crippen LogP contribution in [0.3, 0.4) is 0 Å². The molecule has 0 bridgehead atoms. The number of carbonyl (C=O) groups excluding carboxylic acids is 1. The van der Waals surface area contributed by atoms with Crippen LogP contribution in [0, 0.1) is 11.3 Å². The number of hydrogen-bond acceptors (Lipinski definition) is 2. The van der Waals surface area contributed by atoms with E-state index < -0.39 is 0 Å². The monoisotopic (exact) mass is 252 g/mol. The van der Waals surface area contributed by atoms with Crippen molar-refractivity contribution in [3.05, 3.63) is 0 Å². The van der Waals surface area contributed by atoms with Crippen LogP contribution in [0.4, 0.5) is 0 Å². The van der Waals surface area contributed by atoms with Gasteiger partial charge in [-0.05, 0) is 43.9 Å². The normalized spacial score (nSPS) is 33.4. The lowest BCUT2D eigenvalue weighted by molar-refractivity contribution is -0.133. The molecule has 1 aliphatic carbocycles. The van der Waals surface area contributed by atoms with Crippen LogP contribution >= 0.6 is 0 Å². The van der Waals surface area contributed by atoms with Gasteiger partial charge < -0.3 is 4.90 Å². The van der Waals surface area contributed by atoms with Crippen molar-refractivity contribution in [3.8, 4) is 0 Å². The van der Waals surface area contributed by atoms with Gasteiger partial charge in [-0.3, -0.25) is 10.1 Å². The largest absolute Gasteiger partial charge is 0.323 e. The number of amides is 1. The second-order valence-corrected chi connectivity index (χ2v) is 7.22. The van der Waals surface area contributed by atoms with E-state index in [0.29, 0.717) is 23.3 Å². The summed E-state index contributed by atoms with van der Waals surface area (Å²) >= 11 is 0. The first-order chi connectivity index (χ1) is 8.32. The predicted molar refractivity (Wildman–Crippen MR) is 74.1 cm³/mol. The Kier molecular flexibility index (Phi) is 3.72. The molecule has 2 fully saturated rings. The fourth-order valence-electron chi connectivity index (χ4n) is 3.35. The summed E-state index contributed by atoms with van der Waals surface area (Å²) in [5.74, 6) is 0.784. The van der Waals surface area contributed by atoms with E-state index in [0.717, 1.165) is 12.8 Å². The zero-order valence-corrected chi connectivity index (χ0v) is 12.5. The molecule has 1 N–H and O–H groups in total. The third kappa shape index (κ3) is 2.56. The first-order valence-corrected chi connectivity index (χ1v) is 7.40. The lowest BCUT2D eigenvalue weighted by Crippen LogP contribution is -2.49. The third-order valence-corrected chi connectivity index (χ3v) is 4.68. The first kappa shape index (κ1) is 13.9. The van der Waals surface area contributed by atoms with Crippen LogP contribution in [0.25, 0.3) is 0 Å². The molecule has 1 aliphatic heterocycles. The molecule has 0 aromatic carbocycles. The van der Waals surface area contributed by atoms with Gasteiger partial charge in [0.05, 0.1) is 12.2 Å². The molecule has 104 valence electrons. The molecular formula is C15H28N2O. The van der Waals surface area contributed by atoms with Crippen LogP contribution in [0.15, 0.2) is 0 Å². The van der Waals surface area contributed by atoms with Crippen LogP contribution in [-0.4, -0.2) is 29.1 Å². The van der Waals surface area contributed by atoms with Crippen LogP contribution < -0.4 is 5.32 Å². The van der Waals surface area contributed by atoms with Gasteiger partial charge in [0, 0.05) is 6.04 Å². The average Bonchev–Trinajstić information content (AvgIpc) is 2.57. The third-order valence-electron chi connectivity index (χ3n) is 4.68. The minimum absolute atomic E-state index is 0.00710. The van der Waals surface area contributed by atoms with Gasteiger partial charge in [0.25, 0.3) is 0 Å². The molecule has 1 heterocycles. The summed E-state index contributed by atoms with van der Waals surface area (Å²) in [7, 11) is 0. The zero-order chi connectivity index (χ0) is 13.5. The van der Waals surface area contributed by atoms with Gasteiger partial charge in [-0.2, -0.15) is 0 Å². The highest BCUT2D eigenvalue weighted by atomic mass is 16.2. The molecule has 1 saturated carbocycles. The molecule has 2 unspecified atom stereocenters. The Morgan fingerprint density at radius 1 is 1.28 bits per heavy atom. The van der Waals surface area contributed by atoms with E-state index in [4.69, 9.17) is 0 Å². The van der Waals surface area contributed by atoms with E-state index in [1.807, 2.05) is 6.92 Å². The summed E-state index contributed by atoms with van der Waals surface area (Å²) < 4.78 is 0. The minimum Gasteiger partial charge on any atom is -0.323 e. The van der Waals surface area contributed by atoms with E-state index in [9.17, 15) is 4.79 Å². The fourth-order valence-corrected chi connectivity index (χ4v) is 3.35. The maximum atomic E-state index is 12.3. The molecule has 18 heavy (non-hydrogen) atoms. The highest BCUT2D eigenvalue weighted by Gasteiger charge is 2.43. The zero-order valence-electron chi connectivity index (χ0n) is 12.5. The minimum atomic E-state index is -0.00710. The van der Waals surface area contributed by atoms with Gasteiger partial charge in [0.15, 0.2) is 0 Å². The first-order valence-electron chi connectivity index (χ1n) is 7.40. The van der Waals surface area contributed by atoms with Crippen LogP contribution in [-0.2, 0) is 4.79 Å². The second-order valence-electron chi connectivity index (χ2n) is 7.22. The van der Waals surface area contributed by atoms with Crippen LogP contribution in [0.5, 0.6) is 0 Å². The molecule has 2 rings (SSSR count). The maximum absolute atomic E-state index is 12.3. The number of carbonyl (C=O) groups is 1. The predicted octanol–water partition coefficient (Wildman–Crippen LogP) is 2.76. The molecule has 1 saturated heterocycles. The summed E-state index contributed by atoms with van der Waals surface area (Å²) in [6.07, 6.45) is 5.03. The van der Waals surface area contributed by atoms with E-state index in [-0.39, 0.29) is 12.2 Å². The van der Waals surface area contributed by atoms with Gasteiger partial charge in [-0.15, -0.1) is 0 Å². The van der Waals surface area contributed by atoms with Crippen molar-refractivity contribution >= 4 is 5.91 Å². The number of rotatable bonds is 2. The molecule has 1 amide bonds. The van der Waals surface area contributed by atoms with Crippen molar-refractivity contribution in [2.24, 2.45) is 11.3 Å². The molecule has 3 nitrogen and oxygen atoms in total. The highest BCUT2D eigenvalue weighted by molar-refractivity contribution is 5.84. The smallest absolute Gasteiger partial charge is 0.240 e. The van der Waals surface area contributed by atoms with Crippen molar-refractivity contribution in [1.29, 1.82) is 0 Å². The quantitative estimate of drug-likeness (QED) is 0.819. The van der Waals surface area contributed by atoms with Crippen molar-refractivity contribution in [3.63, 3.8) is 0 Å². The molecule has 0 spiro atoms. The molecule has 3 heteroatoms. The number of nitrogens with one attached hydrogen (secondary N) is 1. The van der Waals surface area contributed by atoms with Crippen LogP contribution in [0.1, 0.15) is 60.3 Å². The van der Waals surface area contributed by atoms with E-state index >= 15 is 0 Å². The Morgan fingerprint density at radius 2 is 1.83 bits per heavy atom. The molecule has 2 atom stereocenters. The Hall–Kier alpha value is -0.570. The summed E-state index contributed by atoms with van der Waals surface area (Å²) in [6, 6.07) is 0.447. The molecule has 0 aromatic rings. The molecule has 0 radical (unpaired) electrons. The van der Waals surface area contributed by atoms with Crippen molar-refractivity contribution in [2.75, 3.05) is 0 Å². The SMILES string of the molecule is CC1NC(C(C)C)N(C2CCC(C)(C)CC2)C1=O. The molecule has 2 aliphatic rings. The fraction of sp³-hybridized carbons (Fsp3) is 0.933. The van der Waals surface area contributed by atoms with E-state index in [1.165, 1.54) is 12.8 Å².